The topological polar surface area (TPSA) is 89.3 Å². The van der Waals surface area contributed by atoms with Crippen LogP contribution in [0.2, 0.25) is 0 Å². The highest BCUT2D eigenvalue weighted by molar-refractivity contribution is 7.92. The zero-order valence-electron chi connectivity index (χ0n) is 11.0. The minimum atomic E-state index is -3.02. The van der Waals surface area contributed by atoms with Crippen LogP contribution in [-0.4, -0.2) is 52.4 Å². The van der Waals surface area contributed by atoms with Crippen molar-refractivity contribution in [3.63, 3.8) is 0 Å². The molecule has 2 bridgehead atoms. The minimum absolute atomic E-state index is 0.0461. The molecule has 1 aromatic rings. The maximum atomic E-state index is 12.2. The molecule has 1 aromatic heterocycles. The summed E-state index contributed by atoms with van der Waals surface area (Å²) < 4.78 is 24.5. The molecule has 108 valence electrons. The van der Waals surface area contributed by atoms with Crippen molar-refractivity contribution < 1.29 is 13.2 Å². The first-order valence-electron chi connectivity index (χ1n) is 6.41. The van der Waals surface area contributed by atoms with Crippen LogP contribution in [0.25, 0.3) is 0 Å². The van der Waals surface area contributed by atoms with Crippen molar-refractivity contribution in [2.45, 2.75) is 31.2 Å². The lowest BCUT2D eigenvalue weighted by molar-refractivity contribution is -0.132. The van der Waals surface area contributed by atoms with Gasteiger partial charge in [0.05, 0.1) is 17.3 Å². The molecule has 20 heavy (non-hydrogen) atoms. The molecule has 0 N–H and O–H groups in total. The number of aromatic nitrogens is 2. The van der Waals surface area contributed by atoms with Gasteiger partial charge in [0.15, 0.2) is 9.84 Å². The number of rotatable bonds is 2. The fraction of sp³-hybridized carbons (Fsp3) is 0.583. The monoisotopic (exact) mass is 297 g/mol. The second-order valence-corrected chi connectivity index (χ2v) is 7.71. The number of amides is 1. The van der Waals surface area contributed by atoms with E-state index in [1.165, 1.54) is 17.0 Å². The first-order chi connectivity index (χ1) is 9.37. The summed E-state index contributed by atoms with van der Waals surface area (Å²) in [4.78, 5) is 29.5. The Morgan fingerprint density at radius 1 is 1.50 bits per heavy atom. The normalized spacial score (nSPS) is 26.9. The number of hydrogen-bond donors (Lipinski definition) is 0. The summed E-state index contributed by atoms with van der Waals surface area (Å²) in [5.41, 5.74) is 0.327. The van der Waals surface area contributed by atoms with Crippen molar-refractivity contribution in [2.24, 2.45) is 0 Å². The smallest absolute Gasteiger partial charge is 0.253 e. The Hall–Kier alpha value is -1.70. The third-order valence-corrected chi connectivity index (χ3v) is 6.16. The number of carbonyl (C=O) groups excluding carboxylic acids is 1. The number of aryl methyl sites for hydroxylation is 1. The number of carbonyl (C=O) groups is 1. The average Bonchev–Trinajstić information content (AvgIpc) is 2.88. The van der Waals surface area contributed by atoms with Crippen molar-refractivity contribution in [1.82, 2.24) is 14.5 Å². The van der Waals surface area contributed by atoms with Crippen LogP contribution in [0.3, 0.4) is 0 Å². The molecule has 7 nitrogen and oxygen atoms in total. The summed E-state index contributed by atoms with van der Waals surface area (Å²) in [7, 11) is -3.02. The van der Waals surface area contributed by atoms with Gasteiger partial charge in [-0.3, -0.25) is 14.2 Å². The minimum Gasteiger partial charge on any atom is -0.336 e. The molecule has 2 fully saturated rings. The fourth-order valence-corrected chi connectivity index (χ4v) is 4.90. The van der Waals surface area contributed by atoms with Crippen molar-refractivity contribution in [3.05, 3.63) is 28.4 Å². The van der Waals surface area contributed by atoms with Gasteiger partial charge in [0.1, 0.15) is 6.54 Å². The van der Waals surface area contributed by atoms with Crippen molar-refractivity contribution in [1.29, 1.82) is 0 Å². The lowest BCUT2D eigenvalue weighted by Crippen LogP contribution is -2.46. The molecule has 8 heteroatoms. The van der Waals surface area contributed by atoms with Crippen LogP contribution in [0.1, 0.15) is 12.1 Å². The molecule has 0 aromatic carbocycles. The van der Waals surface area contributed by atoms with Gasteiger partial charge in [-0.15, -0.1) is 0 Å². The number of likely N-dealkylation sites (tertiary alicyclic amines) is 1. The van der Waals surface area contributed by atoms with E-state index in [-0.39, 0.29) is 36.4 Å². The maximum Gasteiger partial charge on any atom is 0.253 e. The highest BCUT2D eigenvalue weighted by atomic mass is 32.2. The lowest BCUT2D eigenvalue weighted by Gasteiger charge is -2.27. The van der Waals surface area contributed by atoms with Crippen LogP contribution < -0.4 is 5.56 Å². The third kappa shape index (κ3) is 2.13. The molecular formula is C12H15N3O4S. The second kappa shape index (κ2) is 4.41. The molecule has 0 spiro atoms. The van der Waals surface area contributed by atoms with E-state index in [1.807, 2.05) is 0 Å². The summed E-state index contributed by atoms with van der Waals surface area (Å²) in [5.74, 6) is -0.176. The van der Waals surface area contributed by atoms with Crippen LogP contribution in [0, 0.1) is 6.92 Å². The van der Waals surface area contributed by atoms with Crippen molar-refractivity contribution in [2.75, 3.05) is 12.3 Å². The van der Waals surface area contributed by atoms with E-state index in [0.29, 0.717) is 12.1 Å². The predicted molar refractivity (Wildman–Crippen MR) is 70.9 cm³/mol. The first kappa shape index (κ1) is 13.3. The van der Waals surface area contributed by atoms with Gasteiger partial charge in [0.2, 0.25) is 5.91 Å². The van der Waals surface area contributed by atoms with Crippen LogP contribution in [0.15, 0.2) is 17.2 Å². The van der Waals surface area contributed by atoms with Gasteiger partial charge in [-0.05, 0) is 13.3 Å². The zero-order chi connectivity index (χ0) is 14.5. The maximum absolute atomic E-state index is 12.2. The number of hydrogen-bond acceptors (Lipinski definition) is 5. The van der Waals surface area contributed by atoms with Gasteiger partial charge in [-0.1, -0.05) is 0 Å². The Bertz CT molecular complexity index is 724. The van der Waals surface area contributed by atoms with Crippen molar-refractivity contribution >= 4 is 15.7 Å². The zero-order valence-corrected chi connectivity index (χ0v) is 11.8. The second-order valence-electron chi connectivity index (χ2n) is 5.38. The molecular weight excluding hydrogens is 282 g/mol. The standard InChI is InChI=1S/C12H15N3O4S/c1-8-2-11(16)14(7-13-8)5-12(17)15-4-10-3-9(15)6-20(10,18)19/h2,7,9-10H,3-6H2,1H3. The molecule has 2 aliphatic heterocycles. The summed E-state index contributed by atoms with van der Waals surface area (Å²) in [5, 5.41) is -0.427. The Labute approximate surface area is 116 Å². The summed E-state index contributed by atoms with van der Waals surface area (Å²) in [6, 6.07) is 1.14. The molecule has 2 unspecified atom stereocenters. The Morgan fingerprint density at radius 2 is 2.25 bits per heavy atom. The number of nitrogens with zero attached hydrogens (tertiary/aromatic N) is 3. The summed E-state index contributed by atoms with van der Waals surface area (Å²) in [6.07, 6.45) is 1.87. The highest BCUT2D eigenvalue weighted by Crippen LogP contribution is 2.32. The van der Waals surface area contributed by atoms with E-state index in [9.17, 15) is 18.0 Å². The van der Waals surface area contributed by atoms with Crippen LogP contribution in [-0.2, 0) is 21.2 Å². The van der Waals surface area contributed by atoms with E-state index in [0.717, 1.165) is 0 Å². The SMILES string of the molecule is Cc1cc(=O)n(CC(=O)N2CC3CC2CS3(=O)=O)cn1. The molecule has 2 aliphatic rings. The molecule has 0 aliphatic carbocycles. The van der Waals surface area contributed by atoms with Crippen LogP contribution in [0.4, 0.5) is 0 Å². The van der Waals surface area contributed by atoms with Gasteiger partial charge in [0.25, 0.3) is 5.56 Å². The molecule has 0 saturated carbocycles. The Kier molecular flexibility index (Phi) is 2.93. The van der Waals surface area contributed by atoms with E-state index >= 15 is 0 Å². The predicted octanol–water partition coefficient (Wildman–Crippen LogP) is -1.05. The molecule has 2 atom stereocenters. The highest BCUT2D eigenvalue weighted by Gasteiger charge is 2.49. The van der Waals surface area contributed by atoms with Crippen LogP contribution >= 0.6 is 0 Å². The average molecular weight is 297 g/mol. The van der Waals surface area contributed by atoms with Gasteiger partial charge < -0.3 is 4.90 Å². The van der Waals surface area contributed by atoms with Gasteiger partial charge in [-0.25, -0.2) is 13.4 Å². The van der Waals surface area contributed by atoms with E-state index in [2.05, 4.69) is 4.98 Å². The Balaban J connectivity index is 1.74. The quantitative estimate of drug-likeness (QED) is 0.695. The van der Waals surface area contributed by atoms with Crippen LogP contribution in [0.5, 0.6) is 0 Å². The van der Waals surface area contributed by atoms with E-state index in [1.54, 1.807) is 11.8 Å². The lowest BCUT2D eigenvalue weighted by atomic mass is 10.2. The summed E-state index contributed by atoms with van der Waals surface area (Å²) in [6.45, 7) is 1.87. The van der Waals surface area contributed by atoms with Gasteiger partial charge in [-0.2, -0.15) is 0 Å². The van der Waals surface area contributed by atoms with E-state index < -0.39 is 15.1 Å². The molecule has 1 amide bonds. The van der Waals surface area contributed by atoms with Gasteiger partial charge >= 0.3 is 0 Å². The van der Waals surface area contributed by atoms with Gasteiger partial charge in [0, 0.05) is 24.3 Å². The third-order valence-electron chi connectivity index (χ3n) is 3.95. The molecule has 2 saturated heterocycles. The summed E-state index contributed by atoms with van der Waals surface area (Å²) >= 11 is 0. The first-order valence-corrected chi connectivity index (χ1v) is 8.12. The fourth-order valence-electron chi connectivity index (χ4n) is 2.87. The Morgan fingerprint density at radius 3 is 2.80 bits per heavy atom. The molecule has 3 heterocycles. The number of sulfone groups is 1. The number of fused-ring (bicyclic) bond motifs is 2. The molecule has 0 radical (unpaired) electrons. The van der Waals surface area contributed by atoms with E-state index in [4.69, 9.17) is 0 Å². The largest absolute Gasteiger partial charge is 0.336 e. The van der Waals surface area contributed by atoms with Crippen molar-refractivity contribution in [3.8, 4) is 0 Å². The molecule has 3 rings (SSSR count).